The molecule has 2 fully saturated rings. The van der Waals surface area contributed by atoms with Crippen molar-refractivity contribution < 1.29 is 13.9 Å². The molecule has 0 aliphatic carbocycles. The van der Waals surface area contributed by atoms with E-state index in [9.17, 15) is 4.55 Å². The van der Waals surface area contributed by atoms with Gasteiger partial charge in [-0.1, -0.05) is 35.4 Å². The minimum atomic E-state index is -0.614. The van der Waals surface area contributed by atoms with Crippen LogP contribution in [0.1, 0.15) is 33.3 Å². The highest BCUT2D eigenvalue weighted by molar-refractivity contribution is 7.91. The Morgan fingerprint density at radius 3 is 2.09 bits per heavy atom. The molecule has 3 rings (SSSR count). The maximum absolute atomic E-state index is 11.4. The summed E-state index contributed by atoms with van der Waals surface area (Å²) in [4.78, 5) is 2.37. The highest BCUT2D eigenvalue weighted by atomic mass is 32.2. The molecular formula is C17H26BNO3S. The second kappa shape index (κ2) is 6.41. The molecule has 2 heterocycles. The lowest BCUT2D eigenvalue weighted by atomic mass is 9.79. The molecule has 6 heteroatoms. The smallest absolute Gasteiger partial charge is 0.494 e. The van der Waals surface area contributed by atoms with Crippen molar-refractivity contribution in [1.29, 1.82) is 0 Å². The molecule has 23 heavy (non-hydrogen) atoms. The van der Waals surface area contributed by atoms with Gasteiger partial charge in [-0.2, -0.15) is 0 Å². The maximum Gasteiger partial charge on any atom is 0.494 e. The quantitative estimate of drug-likeness (QED) is 0.621. The molecule has 126 valence electrons. The first kappa shape index (κ1) is 17.3. The minimum absolute atomic E-state index is 0.300. The first-order chi connectivity index (χ1) is 10.8. The van der Waals surface area contributed by atoms with E-state index in [4.69, 9.17) is 9.31 Å². The topological polar surface area (TPSA) is 44.8 Å². The van der Waals surface area contributed by atoms with E-state index in [0.29, 0.717) is 0 Å². The summed E-state index contributed by atoms with van der Waals surface area (Å²) in [7, 11) is -0.300. The molecule has 2 aliphatic heterocycles. The van der Waals surface area contributed by atoms with Crippen LogP contribution in [0.5, 0.6) is 0 Å². The molecule has 0 atom stereocenters. The molecular weight excluding hydrogens is 309 g/mol. The second-order valence-corrected chi connectivity index (χ2v) is 9.15. The average Bonchev–Trinajstić information content (AvgIpc) is 2.71. The summed E-state index contributed by atoms with van der Waals surface area (Å²) in [5.41, 5.74) is 1.73. The summed E-state index contributed by atoms with van der Waals surface area (Å²) < 4.78 is 23.6. The van der Waals surface area contributed by atoms with Crippen LogP contribution in [0, 0.1) is 0 Å². The van der Waals surface area contributed by atoms with Gasteiger partial charge in [0.2, 0.25) is 0 Å². The molecule has 0 unspecified atom stereocenters. The average molecular weight is 335 g/mol. The van der Waals surface area contributed by atoms with Gasteiger partial charge in [0, 0.05) is 19.6 Å². The van der Waals surface area contributed by atoms with Crippen LogP contribution in [-0.2, 0) is 27.0 Å². The summed E-state index contributed by atoms with van der Waals surface area (Å²) >= 11 is -0.614. The fourth-order valence-electron chi connectivity index (χ4n) is 2.85. The Balaban J connectivity index is 1.62. The van der Waals surface area contributed by atoms with Gasteiger partial charge in [-0.05, 0) is 38.7 Å². The molecule has 4 nitrogen and oxygen atoms in total. The van der Waals surface area contributed by atoms with Crippen molar-refractivity contribution in [3.8, 4) is 0 Å². The summed E-state index contributed by atoms with van der Waals surface area (Å²) in [5.74, 6) is 1.60. The van der Waals surface area contributed by atoms with Crippen molar-refractivity contribution in [2.24, 2.45) is 0 Å². The highest BCUT2D eigenvalue weighted by Gasteiger charge is 2.51. The van der Waals surface area contributed by atoms with E-state index < -0.39 is 11.2 Å². The van der Waals surface area contributed by atoms with Crippen LogP contribution in [0.3, 0.4) is 0 Å². The number of benzene rings is 1. The normalized spacial score (nSPS) is 25.0. The molecule has 0 bridgehead atoms. The fourth-order valence-corrected chi connectivity index (χ4v) is 3.98. The Labute approximate surface area is 142 Å². The van der Waals surface area contributed by atoms with Gasteiger partial charge in [0.15, 0.2) is 0 Å². The van der Waals surface area contributed by atoms with Crippen LogP contribution in [0.15, 0.2) is 24.3 Å². The lowest BCUT2D eigenvalue weighted by Crippen LogP contribution is -2.41. The van der Waals surface area contributed by atoms with Gasteiger partial charge in [-0.15, -0.1) is 0 Å². The fraction of sp³-hybridized carbons (Fsp3) is 0.647. The molecule has 2 aliphatic rings. The number of hydrogen-bond donors (Lipinski definition) is 0. The van der Waals surface area contributed by atoms with Crippen LogP contribution in [-0.4, -0.2) is 52.4 Å². The van der Waals surface area contributed by atoms with Gasteiger partial charge in [-0.3, -0.25) is 4.90 Å². The van der Waals surface area contributed by atoms with E-state index in [1.54, 1.807) is 0 Å². The molecule has 0 radical (unpaired) electrons. The van der Waals surface area contributed by atoms with Crippen LogP contribution in [0.4, 0.5) is 0 Å². The van der Waals surface area contributed by atoms with Gasteiger partial charge in [0.1, 0.15) is 11.5 Å². The van der Waals surface area contributed by atoms with E-state index in [2.05, 4.69) is 56.9 Å². The predicted octanol–water partition coefficient (Wildman–Crippen LogP) is 1.55. The van der Waals surface area contributed by atoms with Crippen LogP contribution >= 0.6 is 0 Å². The van der Waals surface area contributed by atoms with Crippen molar-refractivity contribution in [3.05, 3.63) is 29.8 Å². The number of hydrogen-bond acceptors (Lipinski definition) is 4. The Morgan fingerprint density at radius 1 is 1.04 bits per heavy atom. The summed E-state index contributed by atoms with van der Waals surface area (Å²) in [5, 5.41) is 0. The lowest BCUT2D eigenvalue weighted by molar-refractivity contribution is 0.00578. The first-order valence-corrected chi connectivity index (χ1v) is 9.77. The third-order valence-corrected chi connectivity index (χ3v) is 6.46. The third-order valence-electron chi connectivity index (χ3n) is 5.18. The van der Waals surface area contributed by atoms with Gasteiger partial charge >= 0.3 is 7.12 Å². The number of nitrogens with zero attached hydrogens (tertiary/aromatic N) is 1. The third kappa shape index (κ3) is 3.77. The summed E-state index contributed by atoms with van der Waals surface area (Å²) in [6, 6.07) is 8.48. The van der Waals surface area contributed by atoms with Crippen molar-refractivity contribution in [3.63, 3.8) is 0 Å². The zero-order chi connectivity index (χ0) is 16.7. The molecule has 0 amide bonds. The molecule has 2 saturated heterocycles. The SMILES string of the molecule is CC1(C)OB(c2ccc(CN3CC[S+]([O-])CC3)cc2)OC1(C)C. The molecule has 0 N–H and O–H groups in total. The van der Waals surface area contributed by atoms with Crippen molar-refractivity contribution in [2.45, 2.75) is 45.4 Å². The van der Waals surface area contributed by atoms with Crippen molar-refractivity contribution in [1.82, 2.24) is 4.90 Å². The van der Waals surface area contributed by atoms with E-state index in [1.807, 2.05) is 0 Å². The largest absolute Gasteiger partial charge is 0.616 e. The van der Waals surface area contributed by atoms with Crippen LogP contribution < -0.4 is 5.46 Å². The molecule has 0 saturated carbocycles. The monoisotopic (exact) mass is 335 g/mol. The van der Waals surface area contributed by atoms with Crippen molar-refractivity contribution >= 4 is 23.8 Å². The zero-order valence-corrected chi connectivity index (χ0v) is 15.3. The summed E-state index contributed by atoms with van der Waals surface area (Å²) in [6.07, 6.45) is 0. The molecule has 0 aromatic heterocycles. The van der Waals surface area contributed by atoms with Gasteiger partial charge < -0.3 is 13.9 Å². The lowest BCUT2D eigenvalue weighted by Gasteiger charge is -2.32. The number of rotatable bonds is 3. The highest BCUT2D eigenvalue weighted by Crippen LogP contribution is 2.36. The van der Waals surface area contributed by atoms with Crippen LogP contribution in [0.2, 0.25) is 0 Å². The molecule has 1 aromatic rings. The van der Waals surface area contributed by atoms with Crippen molar-refractivity contribution in [2.75, 3.05) is 24.6 Å². The van der Waals surface area contributed by atoms with E-state index in [-0.39, 0.29) is 18.3 Å². The maximum atomic E-state index is 11.4. The Morgan fingerprint density at radius 2 is 1.57 bits per heavy atom. The minimum Gasteiger partial charge on any atom is -0.616 e. The van der Waals surface area contributed by atoms with Gasteiger partial charge in [0.25, 0.3) is 0 Å². The van der Waals surface area contributed by atoms with E-state index in [1.165, 1.54) is 5.56 Å². The molecule has 0 spiro atoms. The van der Waals surface area contributed by atoms with E-state index >= 15 is 0 Å². The zero-order valence-electron chi connectivity index (χ0n) is 14.5. The summed E-state index contributed by atoms with van der Waals surface area (Å²) in [6.45, 7) is 11.0. The predicted molar refractivity (Wildman–Crippen MR) is 95.3 cm³/mol. The van der Waals surface area contributed by atoms with Gasteiger partial charge in [-0.25, -0.2) is 0 Å². The first-order valence-electron chi connectivity index (χ1n) is 8.29. The standard InChI is InChI=1S/C17H26BNO3S/c1-16(2)17(3,4)22-18(21-16)15-7-5-14(6-8-15)13-19-9-11-23(20)12-10-19/h5-8H,9-13H2,1-4H3. The molecule has 1 aromatic carbocycles. The Bertz CT molecular complexity index is 525. The van der Waals surface area contributed by atoms with E-state index in [0.717, 1.165) is 36.6 Å². The Kier molecular flexibility index (Phi) is 4.82. The second-order valence-electron chi connectivity index (χ2n) is 7.45. The van der Waals surface area contributed by atoms with Crippen LogP contribution in [0.25, 0.3) is 0 Å². The van der Waals surface area contributed by atoms with Gasteiger partial charge in [0.05, 0.1) is 11.2 Å². The Hall–Kier alpha value is -0.525.